The molecule has 10 heteroatoms. The Hall–Kier alpha value is -3.95. The standard InChI is InChI=1S/C20H19FN6O3/c1-11-15(3-4-18(21)26-11)16-5-13(7-25-20(29)30)6-17(27-16)19(28)24-10-14-8-22-12(2)23-9-14/h3-6,8-9,25H,7,10H2,1-2H3,(H,24,28)(H,29,30). The fourth-order valence-electron chi connectivity index (χ4n) is 2.71. The average molecular weight is 410 g/mol. The Morgan fingerprint density at radius 2 is 1.70 bits per heavy atom. The molecule has 0 aliphatic heterocycles. The lowest BCUT2D eigenvalue weighted by atomic mass is 10.1. The second-order valence-corrected chi connectivity index (χ2v) is 6.49. The van der Waals surface area contributed by atoms with Crippen molar-refractivity contribution >= 4 is 12.0 Å². The van der Waals surface area contributed by atoms with E-state index in [-0.39, 0.29) is 18.8 Å². The number of hydrogen-bond donors (Lipinski definition) is 3. The summed E-state index contributed by atoms with van der Waals surface area (Å²) < 4.78 is 13.4. The molecule has 0 bridgehead atoms. The molecule has 30 heavy (non-hydrogen) atoms. The first-order valence-corrected chi connectivity index (χ1v) is 8.99. The summed E-state index contributed by atoms with van der Waals surface area (Å²) in [6.45, 7) is 3.56. The molecule has 9 nitrogen and oxygen atoms in total. The van der Waals surface area contributed by atoms with Crippen LogP contribution in [0.1, 0.15) is 33.1 Å². The summed E-state index contributed by atoms with van der Waals surface area (Å²) in [5, 5.41) is 13.9. The highest BCUT2D eigenvalue weighted by molar-refractivity contribution is 5.93. The van der Waals surface area contributed by atoms with Crippen LogP contribution in [0.15, 0.2) is 36.7 Å². The van der Waals surface area contributed by atoms with Crippen molar-refractivity contribution in [3.8, 4) is 11.3 Å². The first kappa shape index (κ1) is 20.8. The predicted octanol–water partition coefficient (Wildman–Crippen LogP) is 2.39. The molecule has 0 spiro atoms. The SMILES string of the molecule is Cc1ncc(CNC(=O)c2cc(CNC(=O)O)cc(-c3ccc(F)nc3C)n2)cn1. The van der Waals surface area contributed by atoms with E-state index in [0.717, 1.165) is 5.56 Å². The van der Waals surface area contributed by atoms with Crippen molar-refractivity contribution < 1.29 is 19.1 Å². The van der Waals surface area contributed by atoms with E-state index in [0.29, 0.717) is 28.3 Å². The smallest absolute Gasteiger partial charge is 0.404 e. The van der Waals surface area contributed by atoms with Crippen LogP contribution in [-0.2, 0) is 13.1 Å². The summed E-state index contributed by atoms with van der Waals surface area (Å²) >= 11 is 0. The van der Waals surface area contributed by atoms with Gasteiger partial charge >= 0.3 is 6.09 Å². The van der Waals surface area contributed by atoms with E-state index in [2.05, 4.69) is 30.6 Å². The van der Waals surface area contributed by atoms with Crippen molar-refractivity contribution in [2.45, 2.75) is 26.9 Å². The maximum absolute atomic E-state index is 13.4. The number of nitrogens with one attached hydrogen (secondary N) is 2. The molecular formula is C20H19FN6O3. The van der Waals surface area contributed by atoms with Gasteiger partial charge in [-0.05, 0) is 43.7 Å². The van der Waals surface area contributed by atoms with Gasteiger partial charge in [0.2, 0.25) is 5.95 Å². The molecule has 0 saturated heterocycles. The van der Waals surface area contributed by atoms with Crippen LogP contribution in [0.4, 0.5) is 9.18 Å². The maximum Gasteiger partial charge on any atom is 0.404 e. The third-order valence-corrected chi connectivity index (χ3v) is 4.18. The zero-order valence-corrected chi connectivity index (χ0v) is 16.3. The molecular weight excluding hydrogens is 391 g/mol. The van der Waals surface area contributed by atoms with Crippen LogP contribution in [0.25, 0.3) is 11.3 Å². The number of amides is 2. The molecule has 0 aromatic carbocycles. The molecule has 154 valence electrons. The minimum absolute atomic E-state index is 0.0232. The third kappa shape index (κ3) is 5.31. The van der Waals surface area contributed by atoms with E-state index in [4.69, 9.17) is 5.11 Å². The molecule has 0 atom stereocenters. The zero-order valence-electron chi connectivity index (χ0n) is 16.3. The number of hydrogen-bond acceptors (Lipinski definition) is 6. The molecule has 3 N–H and O–H groups in total. The Balaban J connectivity index is 1.89. The number of aryl methyl sites for hydroxylation is 2. The predicted molar refractivity (Wildman–Crippen MR) is 105 cm³/mol. The van der Waals surface area contributed by atoms with Crippen LogP contribution in [0.5, 0.6) is 0 Å². The van der Waals surface area contributed by atoms with Gasteiger partial charge < -0.3 is 15.7 Å². The van der Waals surface area contributed by atoms with Gasteiger partial charge in [0.25, 0.3) is 5.91 Å². The Labute approximate surface area is 171 Å². The van der Waals surface area contributed by atoms with Crippen molar-refractivity contribution in [1.82, 2.24) is 30.6 Å². The number of rotatable bonds is 6. The molecule has 0 unspecified atom stereocenters. The van der Waals surface area contributed by atoms with Crippen LogP contribution in [0, 0.1) is 19.8 Å². The average Bonchev–Trinajstić information content (AvgIpc) is 2.71. The number of carboxylic acid groups (broad SMARTS) is 1. The largest absolute Gasteiger partial charge is 0.465 e. The van der Waals surface area contributed by atoms with Gasteiger partial charge in [-0.1, -0.05) is 0 Å². The van der Waals surface area contributed by atoms with E-state index >= 15 is 0 Å². The van der Waals surface area contributed by atoms with Crippen molar-refractivity contribution in [2.24, 2.45) is 0 Å². The Morgan fingerprint density at radius 3 is 2.37 bits per heavy atom. The van der Waals surface area contributed by atoms with Crippen LogP contribution in [0.3, 0.4) is 0 Å². The van der Waals surface area contributed by atoms with Crippen molar-refractivity contribution in [1.29, 1.82) is 0 Å². The monoisotopic (exact) mass is 410 g/mol. The number of halogens is 1. The topological polar surface area (TPSA) is 130 Å². The fourth-order valence-corrected chi connectivity index (χ4v) is 2.71. The third-order valence-electron chi connectivity index (χ3n) is 4.18. The van der Waals surface area contributed by atoms with Gasteiger partial charge in [-0.15, -0.1) is 0 Å². The normalized spacial score (nSPS) is 10.5. The van der Waals surface area contributed by atoms with Crippen LogP contribution in [0.2, 0.25) is 0 Å². The second-order valence-electron chi connectivity index (χ2n) is 6.49. The summed E-state index contributed by atoms with van der Waals surface area (Å²) in [5.41, 5.74) is 2.65. The minimum Gasteiger partial charge on any atom is -0.465 e. The number of pyridine rings is 2. The van der Waals surface area contributed by atoms with Gasteiger partial charge in [0.1, 0.15) is 11.5 Å². The highest BCUT2D eigenvalue weighted by Crippen LogP contribution is 2.22. The molecule has 0 saturated carbocycles. The molecule has 0 fully saturated rings. The molecule has 0 radical (unpaired) electrons. The van der Waals surface area contributed by atoms with Gasteiger partial charge in [-0.2, -0.15) is 4.39 Å². The van der Waals surface area contributed by atoms with E-state index in [9.17, 15) is 14.0 Å². The van der Waals surface area contributed by atoms with Gasteiger partial charge in [-0.3, -0.25) is 4.79 Å². The van der Waals surface area contributed by atoms with Crippen molar-refractivity contribution in [3.63, 3.8) is 0 Å². The molecule has 0 aliphatic rings. The number of aromatic nitrogens is 4. The molecule has 0 aliphatic carbocycles. The highest BCUT2D eigenvalue weighted by atomic mass is 19.1. The van der Waals surface area contributed by atoms with Crippen LogP contribution in [-0.4, -0.2) is 37.0 Å². The van der Waals surface area contributed by atoms with E-state index in [1.807, 2.05) is 0 Å². The lowest BCUT2D eigenvalue weighted by Gasteiger charge is -2.11. The summed E-state index contributed by atoms with van der Waals surface area (Å²) in [5.74, 6) is -0.460. The molecule has 3 aromatic heterocycles. The van der Waals surface area contributed by atoms with Crippen LogP contribution >= 0.6 is 0 Å². The molecule has 3 heterocycles. The summed E-state index contributed by atoms with van der Waals surface area (Å²) in [6.07, 6.45) is 2.03. The van der Waals surface area contributed by atoms with Gasteiger partial charge in [0.15, 0.2) is 0 Å². The van der Waals surface area contributed by atoms with Gasteiger partial charge in [-0.25, -0.2) is 24.7 Å². The lowest BCUT2D eigenvalue weighted by molar-refractivity contribution is 0.0946. The summed E-state index contributed by atoms with van der Waals surface area (Å²) in [4.78, 5) is 39.8. The minimum atomic E-state index is -1.20. The summed E-state index contributed by atoms with van der Waals surface area (Å²) in [6, 6.07) is 5.83. The van der Waals surface area contributed by atoms with E-state index in [1.54, 1.807) is 32.3 Å². The molecule has 3 rings (SSSR count). The number of carbonyl (C=O) groups is 2. The Kier molecular flexibility index (Phi) is 6.26. The highest BCUT2D eigenvalue weighted by Gasteiger charge is 2.14. The van der Waals surface area contributed by atoms with E-state index < -0.39 is 17.9 Å². The Bertz CT molecular complexity index is 1090. The molecule has 2 amide bonds. The van der Waals surface area contributed by atoms with Crippen molar-refractivity contribution in [2.75, 3.05) is 0 Å². The number of carbonyl (C=O) groups excluding carboxylic acids is 1. The lowest BCUT2D eigenvalue weighted by Crippen LogP contribution is -2.25. The summed E-state index contributed by atoms with van der Waals surface area (Å²) in [7, 11) is 0. The van der Waals surface area contributed by atoms with Gasteiger partial charge in [0, 0.05) is 42.3 Å². The zero-order chi connectivity index (χ0) is 21.7. The second kappa shape index (κ2) is 9.03. The van der Waals surface area contributed by atoms with Crippen LogP contribution < -0.4 is 10.6 Å². The van der Waals surface area contributed by atoms with Gasteiger partial charge in [0.05, 0.1) is 5.69 Å². The fraction of sp³-hybridized carbons (Fsp3) is 0.200. The Morgan fingerprint density at radius 1 is 1.00 bits per heavy atom. The number of nitrogens with zero attached hydrogens (tertiary/aromatic N) is 4. The quantitative estimate of drug-likeness (QED) is 0.532. The first-order valence-electron chi connectivity index (χ1n) is 8.99. The maximum atomic E-state index is 13.4. The van der Waals surface area contributed by atoms with E-state index in [1.165, 1.54) is 18.2 Å². The molecule has 3 aromatic rings. The first-order chi connectivity index (χ1) is 14.3. The van der Waals surface area contributed by atoms with Crippen molar-refractivity contribution in [3.05, 3.63) is 70.9 Å².